The van der Waals surface area contributed by atoms with Crippen LogP contribution in [-0.2, 0) is 0 Å². The van der Waals surface area contributed by atoms with Crippen LogP contribution < -0.4 is 15.4 Å². The van der Waals surface area contributed by atoms with E-state index in [0.717, 1.165) is 5.69 Å². The van der Waals surface area contributed by atoms with Gasteiger partial charge in [0.05, 0.1) is 25.2 Å². The molecular formula is C18H15FN4O2. The van der Waals surface area contributed by atoms with Crippen molar-refractivity contribution in [1.82, 2.24) is 9.97 Å². The summed E-state index contributed by atoms with van der Waals surface area (Å²) in [4.78, 5) is 20.4. The van der Waals surface area contributed by atoms with E-state index in [0.29, 0.717) is 17.3 Å². The van der Waals surface area contributed by atoms with Gasteiger partial charge in [-0.15, -0.1) is 0 Å². The number of benzene rings is 2. The summed E-state index contributed by atoms with van der Waals surface area (Å²) in [7, 11) is 1.58. The third kappa shape index (κ3) is 4.08. The number of hydrogen-bond acceptors (Lipinski definition) is 5. The summed E-state index contributed by atoms with van der Waals surface area (Å²) in [5.41, 5.74) is 1.20. The summed E-state index contributed by atoms with van der Waals surface area (Å²) in [5, 5.41) is 5.63. The van der Waals surface area contributed by atoms with E-state index in [1.165, 1.54) is 30.6 Å². The van der Waals surface area contributed by atoms with Crippen LogP contribution in [0.15, 0.2) is 60.9 Å². The summed E-state index contributed by atoms with van der Waals surface area (Å²) in [6.07, 6.45) is 2.78. The zero-order chi connectivity index (χ0) is 17.6. The number of rotatable bonds is 5. The van der Waals surface area contributed by atoms with E-state index >= 15 is 0 Å². The van der Waals surface area contributed by atoms with Crippen LogP contribution in [0.5, 0.6) is 5.75 Å². The molecule has 0 spiro atoms. The predicted octanol–water partition coefficient (Wildman–Crippen LogP) is 3.62. The van der Waals surface area contributed by atoms with Crippen molar-refractivity contribution in [3.05, 3.63) is 72.4 Å². The molecule has 0 atom stereocenters. The minimum absolute atomic E-state index is 0.120. The quantitative estimate of drug-likeness (QED) is 0.743. The number of hydrogen-bond donors (Lipinski definition) is 2. The summed E-state index contributed by atoms with van der Waals surface area (Å²) in [6, 6.07) is 13.0. The lowest BCUT2D eigenvalue weighted by atomic mass is 10.3. The van der Waals surface area contributed by atoms with Gasteiger partial charge in [0.15, 0.2) is 0 Å². The Morgan fingerprint density at radius 1 is 1.08 bits per heavy atom. The second-order valence-electron chi connectivity index (χ2n) is 5.08. The third-order valence-electron chi connectivity index (χ3n) is 3.34. The van der Waals surface area contributed by atoms with Gasteiger partial charge in [-0.25, -0.2) is 14.4 Å². The van der Waals surface area contributed by atoms with Crippen molar-refractivity contribution in [3.8, 4) is 5.75 Å². The van der Waals surface area contributed by atoms with Crippen LogP contribution in [-0.4, -0.2) is 23.0 Å². The normalized spacial score (nSPS) is 10.2. The topological polar surface area (TPSA) is 76.1 Å². The highest BCUT2D eigenvalue weighted by molar-refractivity contribution is 6.02. The summed E-state index contributed by atoms with van der Waals surface area (Å²) >= 11 is 0. The number of halogens is 1. The number of carbonyl (C=O) groups excluding carboxylic acids is 1. The van der Waals surface area contributed by atoms with Crippen molar-refractivity contribution < 1.29 is 13.9 Å². The Kier molecular flexibility index (Phi) is 4.84. The van der Waals surface area contributed by atoms with Crippen molar-refractivity contribution in [1.29, 1.82) is 0 Å². The summed E-state index contributed by atoms with van der Waals surface area (Å²) in [6.45, 7) is 0. The highest BCUT2D eigenvalue weighted by atomic mass is 19.1. The fourth-order valence-corrected chi connectivity index (χ4v) is 2.16. The molecule has 0 saturated heterocycles. The molecule has 0 unspecified atom stereocenters. The number of methoxy groups -OCH3 is 1. The molecule has 0 bridgehead atoms. The first-order valence-corrected chi connectivity index (χ1v) is 7.45. The van der Waals surface area contributed by atoms with Gasteiger partial charge < -0.3 is 15.4 Å². The number of carbonyl (C=O) groups is 1. The van der Waals surface area contributed by atoms with Crippen LogP contribution in [0, 0.1) is 5.82 Å². The Bertz CT molecular complexity index is 884. The number of nitrogens with one attached hydrogen (secondary N) is 2. The highest BCUT2D eigenvalue weighted by Crippen LogP contribution is 2.25. The molecule has 3 aromatic rings. The number of nitrogens with zero attached hydrogens (tertiary/aromatic N) is 2. The minimum Gasteiger partial charge on any atom is -0.495 e. The first-order chi connectivity index (χ1) is 12.2. The third-order valence-corrected chi connectivity index (χ3v) is 3.34. The van der Waals surface area contributed by atoms with E-state index in [-0.39, 0.29) is 5.69 Å². The molecule has 2 aromatic carbocycles. The number of para-hydroxylation sites is 2. The van der Waals surface area contributed by atoms with Crippen LogP contribution in [0.3, 0.4) is 0 Å². The fourth-order valence-electron chi connectivity index (χ4n) is 2.16. The average molecular weight is 338 g/mol. The van der Waals surface area contributed by atoms with Gasteiger partial charge in [0.2, 0.25) is 0 Å². The van der Waals surface area contributed by atoms with Crippen LogP contribution in [0.25, 0.3) is 0 Å². The Morgan fingerprint density at radius 2 is 1.92 bits per heavy atom. The molecule has 6 nitrogen and oxygen atoms in total. The highest BCUT2D eigenvalue weighted by Gasteiger charge is 2.10. The molecule has 2 N–H and O–H groups in total. The molecule has 25 heavy (non-hydrogen) atoms. The monoisotopic (exact) mass is 338 g/mol. The van der Waals surface area contributed by atoms with E-state index in [4.69, 9.17) is 4.74 Å². The van der Waals surface area contributed by atoms with E-state index in [1.807, 2.05) is 24.3 Å². The van der Waals surface area contributed by atoms with Crippen LogP contribution in [0.2, 0.25) is 0 Å². The SMILES string of the molecule is COc1ccccc1Nc1cnc(C(=O)Nc2cccc(F)c2)cn1. The Morgan fingerprint density at radius 3 is 2.64 bits per heavy atom. The fraction of sp³-hybridized carbons (Fsp3) is 0.0556. The van der Waals surface area contributed by atoms with Crippen molar-refractivity contribution in [2.24, 2.45) is 0 Å². The molecule has 0 aliphatic carbocycles. The van der Waals surface area contributed by atoms with Crippen molar-refractivity contribution >= 4 is 23.1 Å². The Hall–Kier alpha value is -3.48. The zero-order valence-corrected chi connectivity index (χ0v) is 13.4. The maximum absolute atomic E-state index is 13.1. The number of ether oxygens (including phenoxy) is 1. The van der Waals surface area contributed by atoms with Gasteiger partial charge in [-0.2, -0.15) is 0 Å². The second-order valence-corrected chi connectivity index (χ2v) is 5.08. The van der Waals surface area contributed by atoms with E-state index in [2.05, 4.69) is 20.6 Å². The molecule has 0 saturated carbocycles. The number of aromatic nitrogens is 2. The molecule has 1 heterocycles. The molecule has 7 heteroatoms. The average Bonchev–Trinajstić information content (AvgIpc) is 2.63. The molecule has 1 aromatic heterocycles. The van der Waals surface area contributed by atoms with Crippen LogP contribution >= 0.6 is 0 Å². The molecule has 0 radical (unpaired) electrons. The molecule has 0 aliphatic heterocycles. The van der Waals surface area contributed by atoms with Gasteiger partial charge in [-0.05, 0) is 30.3 Å². The molecule has 1 amide bonds. The zero-order valence-electron chi connectivity index (χ0n) is 13.4. The van der Waals surface area contributed by atoms with Gasteiger partial charge in [0, 0.05) is 5.69 Å². The minimum atomic E-state index is -0.470. The van der Waals surface area contributed by atoms with Crippen LogP contribution in [0.4, 0.5) is 21.6 Å². The smallest absolute Gasteiger partial charge is 0.275 e. The first-order valence-electron chi connectivity index (χ1n) is 7.45. The van der Waals surface area contributed by atoms with Crippen molar-refractivity contribution in [2.75, 3.05) is 17.7 Å². The Labute approximate surface area is 143 Å². The Balaban J connectivity index is 1.70. The van der Waals surface area contributed by atoms with Crippen LogP contribution in [0.1, 0.15) is 10.5 Å². The largest absolute Gasteiger partial charge is 0.495 e. The van der Waals surface area contributed by atoms with Gasteiger partial charge >= 0.3 is 0 Å². The van der Waals surface area contributed by atoms with E-state index in [1.54, 1.807) is 13.2 Å². The first kappa shape index (κ1) is 16.4. The molecule has 3 rings (SSSR count). The second kappa shape index (κ2) is 7.39. The lowest BCUT2D eigenvalue weighted by Gasteiger charge is -2.10. The summed E-state index contributed by atoms with van der Waals surface area (Å²) in [5.74, 6) is 0.228. The summed E-state index contributed by atoms with van der Waals surface area (Å²) < 4.78 is 18.4. The maximum atomic E-state index is 13.1. The number of amides is 1. The lowest BCUT2D eigenvalue weighted by Crippen LogP contribution is -2.14. The van der Waals surface area contributed by atoms with Gasteiger partial charge in [-0.1, -0.05) is 18.2 Å². The molecule has 0 aliphatic rings. The van der Waals surface area contributed by atoms with Gasteiger partial charge in [0.25, 0.3) is 5.91 Å². The molecular weight excluding hydrogens is 323 g/mol. The van der Waals surface area contributed by atoms with E-state index in [9.17, 15) is 9.18 Å². The maximum Gasteiger partial charge on any atom is 0.275 e. The van der Waals surface area contributed by atoms with Gasteiger partial charge in [-0.3, -0.25) is 4.79 Å². The van der Waals surface area contributed by atoms with Crippen molar-refractivity contribution in [2.45, 2.75) is 0 Å². The van der Waals surface area contributed by atoms with Gasteiger partial charge in [0.1, 0.15) is 23.1 Å². The lowest BCUT2D eigenvalue weighted by molar-refractivity contribution is 0.102. The standard InChI is InChI=1S/C18H15FN4O2/c1-25-16-8-3-2-7-14(16)23-17-11-20-15(10-21-17)18(24)22-13-6-4-5-12(19)9-13/h2-11H,1H3,(H,21,23)(H,22,24). The van der Waals surface area contributed by atoms with E-state index < -0.39 is 11.7 Å². The molecule has 126 valence electrons. The number of anilines is 3. The van der Waals surface area contributed by atoms with Crippen molar-refractivity contribution in [3.63, 3.8) is 0 Å². The predicted molar refractivity (Wildman–Crippen MR) is 92.7 cm³/mol. The molecule has 0 fully saturated rings.